The van der Waals surface area contributed by atoms with Crippen LogP contribution in [0.15, 0.2) is 24.3 Å². The minimum absolute atomic E-state index is 0.00970. The maximum atomic E-state index is 11.6. The van der Waals surface area contributed by atoms with E-state index in [0.717, 1.165) is 5.56 Å². The van der Waals surface area contributed by atoms with E-state index in [4.69, 9.17) is 0 Å². The monoisotopic (exact) mass is 219 g/mol. The number of carbonyl (C=O) groups excluding carboxylic acids is 1. The molecule has 0 saturated heterocycles. The summed E-state index contributed by atoms with van der Waals surface area (Å²) in [7, 11) is 3.46. The number of benzene rings is 1. The van der Waals surface area contributed by atoms with Gasteiger partial charge in [0, 0.05) is 25.2 Å². The van der Waals surface area contributed by atoms with E-state index in [-0.39, 0.29) is 5.91 Å². The fraction of sp³-hybridized carbons (Fsp3) is 0.250. The van der Waals surface area contributed by atoms with E-state index in [9.17, 15) is 4.79 Å². The van der Waals surface area contributed by atoms with E-state index in [2.05, 4.69) is 24.5 Å². The highest BCUT2D eigenvalue weighted by Crippen LogP contribution is 2.06. The van der Waals surface area contributed by atoms with Crippen LogP contribution in [-0.2, 0) is 0 Å². The molecule has 1 aromatic rings. The summed E-state index contributed by atoms with van der Waals surface area (Å²) in [5, 5.41) is 0. The molecule has 0 spiro atoms. The van der Waals surface area contributed by atoms with Crippen LogP contribution < -0.4 is 0 Å². The molecule has 15 heavy (non-hydrogen) atoms. The molecule has 0 saturated carbocycles. The zero-order valence-corrected chi connectivity index (χ0v) is 9.71. The Bertz CT molecular complexity index is 415. The molecule has 0 aliphatic carbocycles. The Morgan fingerprint density at radius 1 is 1.47 bits per heavy atom. The van der Waals surface area contributed by atoms with E-state index in [1.54, 1.807) is 31.1 Å². The number of hydrogen-bond acceptors (Lipinski definition) is 2. The minimum Gasteiger partial charge on any atom is -0.345 e. The Hall–Kier alpha value is -1.40. The lowest BCUT2D eigenvalue weighted by Crippen LogP contribution is -2.21. The molecule has 0 N–H and O–H groups in total. The van der Waals surface area contributed by atoms with Crippen LogP contribution in [0.4, 0.5) is 0 Å². The summed E-state index contributed by atoms with van der Waals surface area (Å²) in [6.45, 7) is 0. The van der Waals surface area contributed by atoms with Crippen molar-refractivity contribution in [1.82, 2.24) is 4.90 Å². The molecule has 1 rings (SSSR count). The Kier molecular flexibility index (Phi) is 4.26. The topological polar surface area (TPSA) is 20.3 Å². The lowest BCUT2D eigenvalue weighted by Gasteiger charge is -2.09. The number of amides is 1. The van der Waals surface area contributed by atoms with Crippen molar-refractivity contribution >= 4 is 18.5 Å². The zero-order valence-electron chi connectivity index (χ0n) is 8.82. The normalized spacial score (nSPS) is 9.00. The van der Waals surface area contributed by atoms with Gasteiger partial charge in [-0.2, -0.15) is 12.6 Å². The lowest BCUT2D eigenvalue weighted by atomic mass is 10.1. The Morgan fingerprint density at radius 3 is 2.80 bits per heavy atom. The number of thiol groups is 1. The van der Waals surface area contributed by atoms with E-state index in [0.29, 0.717) is 11.3 Å². The van der Waals surface area contributed by atoms with Crippen molar-refractivity contribution in [1.29, 1.82) is 0 Å². The fourth-order valence-corrected chi connectivity index (χ4v) is 1.21. The minimum atomic E-state index is -0.00970. The second-order valence-corrected chi connectivity index (χ2v) is 3.56. The Balaban J connectivity index is 2.97. The van der Waals surface area contributed by atoms with Gasteiger partial charge in [0.2, 0.25) is 0 Å². The van der Waals surface area contributed by atoms with Gasteiger partial charge in [0.25, 0.3) is 5.91 Å². The first-order valence-corrected chi connectivity index (χ1v) is 5.20. The van der Waals surface area contributed by atoms with Crippen LogP contribution in [0.25, 0.3) is 0 Å². The number of rotatable bonds is 1. The maximum Gasteiger partial charge on any atom is 0.253 e. The van der Waals surface area contributed by atoms with Crippen molar-refractivity contribution in [3.8, 4) is 11.8 Å². The van der Waals surface area contributed by atoms with Crippen LogP contribution in [0.1, 0.15) is 15.9 Å². The largest absolute Gasteiger partial charge is 0.345 e. The molecule has 2 nitrogen and oxygen atoms in total. The summed E-state index contributed by atoms with van der Waals surface area (Å²) >= 11 is 4.00. The third-order valence-corrected chi connectivity index (χ3v) is 1.99. The molecule has 0 aliphatic heterocycles. The van der Waals surface area contributed by atoms with Crippen molar-refractivity contribution in [2.75, 3.05) is 19.8 Å². The first-order chi connectivity index (χ1) is 7.15. The lowest BCUT2D eigenvalue weighted by molar-refractivity contribution is 0.0827. The number of nitrogens with zero attached hydrogens (tertiary/aromatic N) is 1. The van der Waals surface area contributed by atoms with Gasteiger partial charge in [-0.3, -0.25) is 4.79 Å². The fourth-order valence-electron chi connectivity index (χ4n) is 1.13. The van der Waals surface area contributed by atoms with Gasteiger partial charge >= 0.3 is 0 Å². The van der Waals surface area contributed by atoms with Crippen LogP contribution in [0.3, 0.4) is 0 Å². The molecule has 0 unspecified atom stereocenters. The smallest absolute Gasteiger partial charge is 0.253 e. The Morgan fingerprint density at radius 2 is 2.20 bits per heavy atom. The van der Waals surface area contributed by atoms with Crippen molar-refractivity contribution in [3.63, 3.8) is 0 Å². The van der Waals surface area contributed by atoms with Crippen LogP contribution in [0.5, 0.6) is 0 Å². The summed E-state index contributed by atoms with van der Waals surface area (Å²) in [5.41, 5.74) is 1.50. The molecular formula is C12H13NOS. The molecule has 0 atom stereocenters. The average molecular weight is 219 g/mol. The number of hydrogen-bond donors (Lipinski definition) is 1. The van der Waals surface area contributed by atoms with Gasteiger partial charge < -0.3 is 4.90 Å². The van der Waals surface area contributed by atoms with Crippen LogP contribution in [0, 0.1) is 11.8 Å². The van der Waals surface area contributed by atoms with Gasteiger partial charge in [0.15, 0.2) is 0 Å². The molecule has 0 radical (unpaired) electrons. The zero-order chi connectivity index (χ0) is 11.3. The SMILES string of the molecule is CN(C)C(=O)c1cccc(C#CCS)c1. The Labute approximate surface area is 95.7 Å². The van der Waals surface area contributed by atoms with Crippen LogP contribution in [0.2, 0.25) is 0 Å². The van der Waals surface area contributed by atoms with Gasteiger partial charge in [-0.25, -0.2) is 0 Å². The quantitative estimate of drug-likeness (QED) is 0.563. The predicted octanol–water partition coefficient (Wildman–Crippen LogP) is 1.67. The molecule has 0 aliphatic rings. The van der Waals surface area contributed by atoms with Crippen molar-refractivity contribution in [2.45, 2.75) is 0 Å². The highest BCUT2D eigenvalue weighted by molar-refractivity contribution is 7.80. The predicted molar refractivity (Wildman–Crippen MR) is 65.2 cm³/mol. The third kappa shape index (κ3) is 3.34. The number of carbonyl (C=O) groups is 1. The van der Waals surface area contributed by atoms with Gasteiger partial charge in [0.1, 0.15) is 0 Å². The van der Waals surface area contributed by atoms with Crippen molar-refractivity contribution in [2.24, 2.45) is 0 Å². The first kappa shape index (κ1) is 11.7. The average Bonchev–Trinajstić information content (AvgIpc) is 2.25. The molecule has 0 aromatic heterocycles. The van der Waals surface area contributed by atoms with E-state index >= 15 is 0 Å². The van der Waals surface area contributed by atoms with E-state index < -0.39 is 0 Å². The van der Waals surface area contributed by atoms with Crippen LogP contribution >= 0.6 is 12.6 Å². The highest BCUT2D eigenvalue weighted by Gasteiger charge is 2.06. The second kappa shape index (κ2) is 5.47. The molecule has 1 aromatic carbocycles. The summed E-state index contributed by atoms with van der Waals surface area (Å²) in [5.74, 6) is 6.29. The molecule has 0 bridgehead atoms. The summed E-state index contributed by atoms with van der Waals surface area (Å²) < 4.78 is 0. The van der Waals surface area contributed by atoms with Gasteiger partial charge in [-0.15, -0.1) is 0 Å². The molecule has 0 heterocycles. The summed E-state index contributed by atoms with van der Waals surface area (Å²) in [6.07, 6.45) is 0. The molecule has 1 amide bonds. The van der Waals surface area contributed by atoms with Gasteiger partial charge in [-0.1, -0.05) is 17.9 Å². The standard InChI is InChI=1S/C12H13NOS/c1-13(2)12(14)11-7-3-5-10(9-11)6-4-8-15/h3,5,7,9,15H,8H2,1-2H3. The highest BCUT2D eigenvalue weighted by atomic mass is 32.1. The summed E-state index contributed by atoms with van der Waals surface area (Å²) in [6, 6.07) is 7.29. The van der Waals surface area contributed by atoms with Gasteiger partial charge in [0.05, 0.1) is 5.75 Å². The third-order valence-electron chi connectivity index (χ3n) is 1.83. The van der Waals surface area contributed by atoms with E-state index in [1.165, 1.54) is 0 Å². The summed E-state index contributed by atoms with van der Waals surface area (Å²) in [4.78, 5) is 13.2. The molecular weight excluding hydrogens is 206 g/mol. The van der Waals surface area contributed by atoms with Crippen molar-refractivity contribution < 1.29 is 4.79 Å². The van der Waals surface area contributed by atoms with Crippen molar-refractivity contribution in [3.05, 3.63) is 35.4 Å². The second-order valence-electron chi connectivity index (χ2n) is 3.24. The van der Waals surface area contributed by atoms with Crippen LogP contribution in [-0.4, -0.2) is 30.7 Å². The molecule has 3 heteroatoms. The van der Waals surface area contributed by atoms with E-state index in [1.807, 2.05) is 12.1 Å². The van der Waals surface area contributed by atoms with Gasteiger partial charge in [-0.05, 0) is 18.2 Å². The molecule has 0 fully saturated rings. The first-order valence-electron chi connectivity index (χ1n) is 4.56. The molecule has 78 valence electrons. The maximum absolute atomic E-state index is 11.6.